The molecule has 0 bridgehead atoms. The molecule has 2 heterocycles. The first kappa shape index (κ1) is 11.6. The van der Waals surface area contributed by atoms with Crippen molar-refractivity contribution in [2.24, 2.45) is 0 Å². The Morgan fingerprint density at radius 2 is 2.44 bits per heavy atom. The third kappa shape index (κ3) is 2.62. The Labute approximate surface area is 103 Å². The fraction of sp³-hybridized carbons (Fsp3) is 0.600. The Morgan fingerprint density at radius 1 is 1.56 bits per heavy atom. The average molecular weight is 287 g/mol. The molecule has 1 atom stereocenters. The fourth-order valence-corrected chi connectivity index (χ4v) is 2.51. The van der Waals surface area contributed by atoms with Gasteiger partial charge in [0.1, 0.15) is 18.0 Å². The van der Waals surface area contributed by atoms with Gasteiger partial charge in [-0.2, -0.15) is 0 Å². The Bertz CT molecular complexity index is 349. The first-order valence-corrected chi connectivity index (χ1v) is 6.30. The predicted octanol–water partition coefficient (Wildman–Crippen LogP) is 1.20. The van der Waals surface area contributed by atoms with Gasteiger partial charge in [0.05, 0.1) is 11.6 Å². The summed E-state index contributed by atoms with van der Waals surface area (Å²) in [7, 11) is 0. The minimum atomic E-state index is 0.101. The number of hydrogen-bond acceptors (Lipinski definition) is 5. The second kappa shape index (κ2) is 5.45. The van der Waals surface area contributed by atoms with Gasteiger partial charge < -0.3 is 15.3 Å². The largest absolute Gasteiger partial charge is 0.395 e. The molecule has 1 unspecified atom stereocenters. The molecule has 0 spiro atoms. The summed E-state index contributed by atoms with van der Waals surface area (Å²) in [4.78, 5) is 10.9. The van der Waals surface area contributed by atoms with E-state index in [1.807, 2.05) is 6.07 Å². The van der Waals surface area contributed by atoms with E-state index < -0.39 is 0 Å². The van der Waals surface area contributed by atoms with E-state index in [1.54, 1.807) is 6.33 Å². The highest BCUT2D eigenvalue weighted by molar-refractivity contribution is 9.09. The summed E-state index contributed by atoms with van der Waals surface area (Å²) < 4.78 is 0. The minimum absolute atomic E-state index is 0.101. The molecule has 88 valence electrons. The Balaban J connectivity index is 2.09. The third-order valence-electron chi connectivity index (χ3n) is 2.54. The molecule has 6 heteroatoms. The first-order chi connectivity index (χ1) is 7.81. The van der Waals surface area contributed by atoms with Crippen molar-refractivity contribution >= 4 is 27.6 Å². The Morgan fingerprint density at radius 3 is 3.12 bits per heavy atom. The summed E-state index contributed by atoms with van der Waals surface area (Å²) in [5.41, 5.74) is 0. The number of halogens is 1. The van der Waals surface area contributed by atoms with Gasteiger partial charge in [0.2, 0.25) is 0 Å². The molecular formula is C10H15BrN4O. The highest BCUT2D eigenvalue weighted by atomic mass is 79.9. The van der Waals surface area contributed by atoms with Gasteiger partial charge in [-0.15, -0.1) is 0 Å². The molecule has 0 aromatic carbocycles. The van der Waals surface area contributed by atoms with E-state index in [-0.39, 0.29) is 6.61 Å². The van der Waals surface area contributed by atoms with Gasteiger partial charge in [-0.3, -0.25) is 0 Å². The second-order valence-electron chi connectivity index (χ2n) is 3.68. The summed E-state index contributed by atoms with van der Waals surface area (Å²) >= 11 is 3.62. The number of aliphatic hydroxyl groups excluding tert-OH is 1. The van der Waals surface area contributed by atoms with E-state index in [0.29, 0.717) is 11.5 Å². The molecule has 1 aromatic heterocycles. The van der Waals surface area contributed by atoms with Crippen LogP contribution in [0.3, 0.4) is 0 Å². The maximum Gasteiger partial charge on any atom is 0.134 e. The molecule has 5 nitrogen and oxygen atoms in total. The Hall–Kier alpha value is -0.880. The van der Waals surface area contributed by atoms with E-state index in [9.17, 15) is 0 Å². The van der Waals surface area contributed by atoms with Crippen LogP contribution in [0.4, 0.5) is 11.6 Å². The van der Waals surface area contributed by atoms with Crippen molar-refractivity contribution in [3.63, 3.8) is 0 Å². The lowest BCUT2D eigenvalue weighted by Crippen LogP contribution is -2.25. The number of alkyl halides is 1. The topological polar surface area (TPSA) is 61.3 Å². The summed E-state index contributed by atoms with van der Waals surface area (Å²) in [5, 5.41) is 11.8. The van der Waals surface area contributed by atoms with E-state index >= 15 is 0 Å². The highest BCUT2D eigenvalue weighted by Gasteiger charge is 2.23. The molecule has 1 aliphatic rings. The van der Waals surface area contributed by atoms with Crippen LogP contribution >= 0.6 is 15.9 Å². The standard InChI is InChI=1S/C10H15BrN4O/c11-8-2-1-4-15(8)10-6-9(12-3-5-16)13-7-14-10/h6-8,16H,1-5H2,(H,12,13,14). The number of nitrogens with one attached hydrogen (secondary N) is 1. The van der Waals surface area contributed by atoms with Gasteiger partial charge in [0.25, 0.3) is 0 Å². The van der Waals surface area contributed by atoms with Crippen LogP contribution in [0.15, 0.2) is 12.4 Å². The lowest BCUT2D eigenvalue weighted by atomic mass is 10.4. The molecule has 1 aromatic rings. The summed E-state index contributed by atoms with van der Waals surface area (Å²) in [6, 6.07) is 1.91. The van der Waals surface area contributed by atoms with Crippen LogP contribution in [0.25, 0.3) is 0 Å². The molecule has 1 fully saturated rings. The molecule has 1 saturated heterocycles. The molecule has 0 saturated carbocycles. The number of hydrogen-bond donors (Lipinski definition) is 2. The van der Waals surface area contributed by atoms with Crippen LogP contribution in [-0.2, 0) is 0 Å². The normalized spacial score (nSPS) is 20.1. The molecule has 0 aliphatic carbocycles. The molecule has 1 aliphatic heterocycles. The third-order valence-corrected chi connectivity index (χ3v) is 3.50. The van der Waals surface area contributed by atoms with Crippen molar-refractivity contribution in [3.05, 3.63) is 12.4 Å². The second-order valence-corrected chi connectivity index (χ2v) is 4.74. The van der Waals surface area contributed by atoms with Gasteiger partial charge >= 0.3 is 0 Å². The molecule has 0 radical (unpaired) electrons. The van der Waals surface area contributed by atoms with Crippen molar-refractivity contribution in [2.45, 2.75) is 17.8 Å². The van der Waals surface area contributed by atoms with Gasteiger partial charge in [-0.25, -0.2) is 9.97 Å². The lowest BCUT2D eigenvalue weighted by Gasteiger charge is -2.21. The minimum Gasteiger partial charge on any atom is -0.395 e. The van der Waals surface area contributed by atoms with E-state index in [2.05, 4.69) is 36.1 Å². The van der Waals surface area contributed by atoms with Crippen LogP contribution < -0.4 is 10.2 Å². The van der Waals surface area contributed by atoms with Crippen LogP contribution in [0.5, 0.6) is 0 Å². The van der Waals surface area contributed by atoms with Gasteiger partial charge in [0, 0.05) is 19.2 Å². The number of anilines is 2. The van der Waals surface area contributed by atoms with E-state index in [1.165, 1.54) is 6.42 Å². The van der Waals surface area contributed by atoms with Crippen LogP contribution in [0.2, 0.25) is 0 Å². The highest BCUT2D eigenvalue weighted by Crippen LogP contribution is 2.27. The van der Waals surface area contributed by atoms with Crippen molar-refractivity contribution < 1.29 is 5.11 Å². The van der Waals surface area contributed by atoms with Crippen LogP contribution in [0.1, 0.15) is 12.8 Å². The molecular weight excluding hydrogens is 272 g/mol. The maximum absolute atomic E-state index is 8.73. The van der Waals surface area contributed by atoms with Crippen LogP contribution in [0, 0.1) is 0 Å². The lowest BCUT2D eigenvalue weighted by molar-refractivity contribution is 0.311. The monoisotopic (exact) mass is 286 g/mol. The van der Waals surface area contributed by atoms with Gasteiger partial charge in [-0.1, -0.05) is 15.9 Å². The summed E-state index contributed by atoms with van der Waals surface area (Å²) in [5.74, 6) is 1.68. The number of nitrogens with zero attached hydrogens (tertiary/aromatic N) is 3. The SMILES string of the molecule is OCCNc1cc(N2CCCC2Br)ncn1. The summed E-state index contributed by atoms with van der Waals surface area (Å²) in [6.07, 6.45) is 3.87. The zero-order valence-electron chi connectivity index (χ0n) is 8.93. The number of rotatable bonds is 4. The maximum atomic E-state index is 8.73. The Kier molecular flexibility index (Phi) is 3.95. The van der Waals surface area contributed by atoms with E-state index in [4.69, 9.17) is 5.11 Å². The fourth-order valence-electron chi connectivity index (χ4n) is 1.77. The van der Waals surface area contributed by atoms with Gasteiger partial charge in [-0.05, 0) is 12.8 Å². The predicted molar refractivity (Wildman–Crippen MR) is 66.9 cm³/mol. The first-order valence-electron chi connectivity index (χ1n) is 5.39. The smallest absolute Gasteiger partial charge is 0.134 e. The zero-order chi connectivity index (χ0) is 11.4. The number of aromatic nitrogens is 2. The van der Waals surface area contributed by atoms with Crippen molar-refractivity contribution in [1.82, 2.24) is 9.97 Å². The van der Waals surface area contributed by atoms with Crippen molar-refractivity contribution in [3.8, 4) is 0 Å². The van der Waals surface area contributed by atoms with Crippen LogP contribution in [-0.4, -0.2) is 39.7 Å². The molecule has 0 amide bonds. The van der Waals surface area contributed by atoms with E-state index in [0.717, 1.165) is 24.6 Å². The van der Waals surface area contributed by atoms with Crippen molar-refractivity contribution in [2.75, 3.05) is 29.9 Å². The zero-order valence-corrected chi connectivity index (χ0v) is 10.5. The van der Waals surface area contributed by atoms with Crippen molar-refractivity contribution in [1.29, 1.82) is 0 Å². The molecule has 2 rings (SSSR count). The molecule has 16 heavy (non-hydrogen) atoms. The summed E-state index contributed by atoms with van der Waals surface area (Å²) in [6.45, 7) is 1.63. The molecule has 2 N–H and O–H groups in total. The van der Waals surface area contributed by atoms with Gasteiger partial charge in [0.15, 0.2) is 0 Å². The average Bonchev–Trinajstić information content (AvgIpc) is 2.73. The quantitative estimate of drug-likeness (QED) is 0.643. The number of aliphatic hydroxyl groups is 1.